The van der Waals surface area contributed by atoms with Gasteiger partial charge in [0.25, 0.3) is 0 Å². The number of carboxylic acid groups (broad SMARTS) is 1. The predicted octanol–water partition coefficient (Wildman–Crippen LogP) is 0.925. The molecule has 0 spiro atoms. The lowest BCUT2D eigenvalue weighted by Crippen LogP contribution is -2.20. The Morgan fingerprint density at radius 2 is 2.37 bits per heavy atom. The summed E-state index contributed by atoms with van der Waals surface area (Å²) in [6.07, 6.45) is 3.08. The Morgan fingerprint density at radius 3 is 2.95 bits per heavy atom. The third kappa shape index (κ3) is 2.87. The van der Waals surface area contributed by atoms with Crippen LogP contribution in [0, 0.1) is 11.3 Å². The van der Waals surface area contributed by atoms with Gasteiger partial charge in [-0.25, -0.2) is 9.78 Å². The summed E-state index contributed by atoms with van der Waals surface area (Å²) in [4.78, 5) is 15.3. The van der Waals surface area contributed by atoms with Crippen molar-refractivity contribution in [3.8, 4) is 6.07 Å². The first-order valence-electron chi connectivity index (χ1n) is 5.45. The molecular weight excluding hydrogens is 246 g/mol. The van der Waals surface area contributed by atoms with Crippen molar-refractivity contribution < 1.29 is 9.90 Å². The van der Waals surface area contributed by atoms with Crippen molar-refractivity contribution in [3.05, 3.63) is 41.9 Å². The topological polar surface area (TPSA) is 104 Å². The smallest absolute Gasteiger partial charge is 0.330 e. The Balaban J connectivity index is 2.27. The van der Waals surface area contributed by atoms with Crippen LogP contribution in [0.1, 0.15) is 17.3 Å². The summed E-state index contributed by atoms with van der Waals surface area (Å²) in [6, 6.07) is 5.72. The normalized spacial score (nSPS) is 11.6. The van der Waals surface area contributed by atoms with E-state index in [9.17, 15) is 9.90 Å². The van der Waals surface area contributed by atoms with Gasteiger partial charge in [-0.1, -0.05) is 6.07 Å². The van der Waals surface area contributed by atoms with Gasteiger partial charge in [-0.15, -0.1) is 0 Å². The second kappa shape index (κ2) is 5.18. The van der Waals surface area contributed by atoms with Crippen molar-refractivity contribution in [2.24, 2.45) is 7.05 Å². The lowest BCUT2D eigenvalue weighted by molar-refractivity contribution is -0.138. The second-order valence-electron chi connectivity index (χ2n) is 3.88. The molecule has 2 N–H and O–H groups in total. The van der Waals surface area contributed by atoms with Gasteiger partial charge >= 0.3 is 5.97 Å². The van der Waals surface area contributed by atoms with Crippen molar-refractivity contribution in [1.29, 1.82) is 5.26 Å². The molecule has 2 aromatic heterocycles. The van der Waals surface area contributed by atoms with Crippen LogP contribution in [0.3, 0.4) is 0 Å². The summed E-state index contributed by atoms with van der Waals surface area (Å²) in [5, 5.41) is 24.7. The molecule has 96 valence electrons. The fourth-order valence-corrected chi connectivity index (χ4v) is 1.60. The molecule has 0 aliphatic carbocycles. The summed E-state index contributed by atoms with van der Waals surface area (Å²) in [6.45, 7) is 0. The molecular formula is C12H11N5O2. The van der Waals surface area contributed by atoms with E-state index >= 15 is 0 Å². The highest BCUT2D eigenvalue weighted by molar-refractivity contribution is 5.78. The minimum atomic E-state index is -1.04. The number of anilines is 1. The van der Waals surface area contributed by atoms with Crippen molar-refractivity contribution in [2.75, 3.05) is 5.32 Å². The molecule has 0 saturated carbocycles. The van der Waals surface area contributed by atoms with Gasteiger partial charge in [-0.05, 0) is 12.1 Å². The van der Waals surface area contributed by atoms with Crippen molar-refractivity contribution in [1.82, 2.24) is 14.8 Å². The molecule has 0 radical (unpaired) electrons. The number of nitriles is 1. The summed E-state index contributed by atoms with van der Waals surface area (Å²) in [7, 11) is 1.71. The van der Waals surface area contributed by atoms with E-state index in [1.54, 1.807) is 31.4 Å². The number of nitrogens with one attached hydrogen (secondary N) is 1. The highest BCUT2D eigenvalue weighted by Gasteiger charge is 2.21. The van der Waals surface area contributed by atoms with E-state index in [1.807, 2.05) is 6.07 Å². The highest BCUT2D eigenvalue weighted by Crippen LogP contribution is 2.18. The van der Waals surface area contributed by atoms with Crippen LogP contribution in [0.4, 0.5) is 5.82 Å². The van der Waals surface area contributed by atoms with Gasteiger partial charge in [0, 0.05) is 18.8 Å². The van der Waals surface area contributed by atoms with E-state index in [1.165, 1.54) is 10.9 Å². The van der Waals surface area contributed by atoms with Gasteiger partial charge in [0.05, 0.1) is 6.20 Å². The van der Waals surface area contributed by atoms with Crippen molar-refractivity contribution in [2.45, 2.75) is 6.04 Å². The first-order valence-corrected chi connectivity index (χ1v) is 5.45. The number of hydrogen-bond donors (Lipinski definition) is 2. The van der Waals surface area contributed by atoms with E-state index in [-0.39, 0.29) is 5.69 Å². The number of carboxylic acids is 1. The molecule has 1 unspecified atom stereocenters. The number of pyridine rings is 1. The maximum absolute atomic E-state index is 11.3. The fraction of sp³-hybridized carbons (Fsp3) is 0.167. The van der Waals surface area contributed by atoms with Crippen LogP contribution in [0.25, 0.3) is 0 Å². The molecule has 0 aliphatic rings. The van der Waals surface area contributed by atoms with Gasteiger partial charge < -0.3 is 10.4 Å². The van der Waals surface area contributed by atoms with Crippen LogP contribution in [-0.4, -0.2) is 25.8 Å². The summed E-state index contributed by atoms with van der Waals surface area (Å²) in [5.74, 6) is -0.715. The van der Waals surface area contributed by atoms with Crippen molar-refractivity contribution in [3.63, 3.8) is 0 Å². The quantitative estimate of drug-likeness (QED) is 0.844. The maximum atomic E-state index is 11.3. The molecule has 7 heteroatoms. The number of aryl methyl sites for hydroxylation is 1. The Bertz CT molecular complexity index is 644. The molecule has 7 nitrogen and oxygen atoms in total. The average Bonchev–Trinajstić information content (AvgIpc) is 2.82. The molecule has 2 heterocycles. The lowest BCUT2D eigenvalue weighted by Gasteiger charge is -2.13. The van der Waals surface area contributed by atoms with Gasteiger partial charge in [0.2, 0.25) is 0 Å². The minimum Gasteiger partial charge on any atom is -0.479 e. The zero-order valence-corrected chi connectivity index (χ0v) is 10.1. The molecule has 0 amide bonds. The zero-order chi connectivity index (χ0) is 13.8. The van der Waals surface area contributed by atoms with Gasteiger partial charge in [-0.2, -0.15) is 10.4 Å². The number of carbonyl (C=O) groups is 1. The molecule has 19 heavy (non-hydrogen) atoms. The Hall–Kier alpha value is -2.88. The molecule has 0 saturated heterocycles. The van der Waals surface area contributed by atoms with Gasteiger partial charge in [-0.3, -0.25) is 4.68 Å². The van der Waals surface area contributed by atoms with Crippen LogP contribution >= 0.6 is 0 Å². The molecule has 0 fully saturated rings. The summed E-state index contributed by atoms with van der Waals surface area (Å²) < 4.78 is 1.52. The number of hydrogen-bond acceptors (Lipinski definition) is 5. The fourth-order valence-electron chi connectivity index (χ4n) is 1.60. The van der Waals surface area contributed by atoms with Crippen LogP contribution < -0.4 is 5.32 Å². The van der Waals surface area contributed by atoms with E-state index in [0.29, 0.717) is 11.4 Å². The monoisotopic (exact) mass is 257 g/mol. The van der Waals surface area contributed by atoms with Gasteiger partial charge in [0.1, 0.15) is 17.6 Å². The number of aromatic nitrogens is 3. The van der Waals surface area contributed by atoms with Crippen molar-refractivity contribution >= 4 is 11.8 Å². The van der Waals surface area contributed by atoms with Crippen LogP contribution in [-0.2, 0) is 11.8 Å². The van der Waals surface area contributed by atoms with E-state index < -0.39 is 12.0 Å². The maximum Gasteiger partial charge on any atom is 0.330 e. The van der Waals surface area contributed by atoms with E-state index in [0.717, 1.165) is 0 Å². The third-order valence-corrected chi connectivity index (χ3v) is 2.46. The molecule has 2 rings (SSSR count). The average molecular weight is 257 g/mol. The molecule has 0 bridgehead atoms. The Labute approximate surface area is 109 Å². The predicted molar refractivity (Wildman–Crippen MR) is 66.2 cm³/mol. The largest absolute Gasteiger partial charge is 0.479 e. The molecule has 0 aliphatic heterocycles. The molecule has 0 aromatic carbocycles. The first kappa shape index (κ1) is 12.6. The standard InChI is InChI=1S/C12H11N5O2/c1-17-7-8(6-14-17)11(12(18)19)16-10-4-2-3-9(5-13)15-10/h2-4,6-7,11H,1H3,(H,15,16)(H,18,19). The SMILES string of the molecule is Cn1cc(C(Nc2cccc(C#N)n2)C(=O)O)cn1. The number of rotatable bonds is 4. The van der Waals surface area contributed by atoms with Crippen LogP contribution in [0.5, 0.6) is 0 Å². The summed E-state index contributed by atoms with van der Waals surface area (Å²) >= 11 is 0. The second-order valence-corrected chi connectivity index (χ2v) is 3.88. The highest BCUT2D eigenvalue weighted by atomic mass is 16.4. The number of nitrogens with zero attached hydrogens (tertiary/aromatic N) is 4. The first-order chi connectivity index (χ1) is 9.10. The van der Waals surface area contributed by atoms with Gasteiger partial charge in [0.15, 0.2) is 6.04 Å². The van der Waals surface area contributed by atoms with E-state index in [2.05, 4.69) is 15.4 Å². The Morgan fingerprint density at radius 1 is 1.58 bits per heavy atom. The molecule has 2 aromatic rings. The number of aliphatic carboxylic acids is 1. The Kier molecular flexibility index (Phi) is 3.43. The third-order valence-electron chi connectivity index (χ3n) is 2.46. The van der Waals surface area contributed by atoms with Crippen LogP contribution in [0.2, 0.25) is 0 Å². The molecule has 1 atom stereocenters. The zero-order valence-electron chi connectivity index (χ0n) is 10.1. The minimum absolute atomic E-state index is 0.223. The van der Waals surface area contributed by atoms with E-state index in [4.69, 9.17) is 5.26 Å². The summed E-state index contributed by atoms with van der Waals surface area (Å²) in [5.41, 5.74) is 0.736. The lowest BCUT2D eigenvalue weighted by atomic mass is 10.1. The van der Waals surface area contributed by atoms with Crippen LogP contribution in [0.15, 0.2) is 30.6 Å².